The van der Waals surface area contributed by atoms with Gasteiger partial charge in [-0.15, -0.1) is 6.58 Å². The maximum Gasteiger partial charge on any atom is 0.235 e. The van der Waals surface area contributed by atoms with Gasteiger partial charge in [0.1, 0.15) is 0 Å². The number of para-hydroxylation sites is 1. The largest absolute Gasteiger partial charge is 0.347 e. The summed E-state index contributed by atoms with van der Waals surface area (Å²) in [5.41, 5.74) is 0.330. The number of amides is 1. The number of carbonyl (C=O) groups is 2. The van der Waals surface area contributed by atoms with Crippen LogP contribution in [0.25, 0.3) is 0 Å². The van der Waals surface area contributed by atoms with Crippen LogP contribution in [-0.2, 0) is 14.3 Å². The second-order valence-corrected chi connectivity index (χ2v) is 6.51. The molecule has 1 aliphatic heterocycles. The van der Waals surface area contributed by atoms with Crippen LogP contribution in [0.5, 0.6) is 0 Å². The Morgan fingerprint density at radius 3 is 2.76 bits per heavy atom. The van der Waals surface area contributed by atoms with E-state index >= 15 is 0 Å². The summed E-state index contributed by atoms with van der Waals surface area (Å²) in [5, 5.41) is 0. The fourth-order valence-electron chi connectivity index (χ4n) is 3.33. The summed E-state index contributed by atoms with van der Waals surface area (Å²) >= 11 is 0. The van der Waals surface area contributed by atoms with E-state index in [0.29, 0.717) is 12.2 Å². The summed E-state index contributed by atoms with van der Waals surface area (Å²) in [6.45, 7) is 5.83. The fraction of sp³-hybridized carbons (Fsp3) is 0.333. The monoisotopic (exact) mass is 337 g/mol. The number of anilines is 1. The number of hydrogen-bond donors (Lipinski definition) is 0. The van der Waals surface area contributed by atoms with E-state index in [1.165, 1.54) is 6.08 Å². The Kier molecular flexibility index (Phi) is 5.00. The van der Waals surface area contributed by atoms with Crippen LogP contribution in [0.4, 0.5) is 5.69 Å². The van der Waals surface area contributed by atoms with E-state index in [1.54, 1.807) is 24.0 Å². The molecule has 0 bridgehead atoms. The molecule has 0 N–H and O–H groups in total. The van der Waals surface area contributed by atoms with Gasteiger partial charge in [-0.1, -0.05) is 24.3 Å². The number of benzene rings is 1. The highest BCUT2D eigenvalue weighted by Crippen LogP contribution is 2.37. The van der Waals surface area contributed by atoms with Crippen molar-refractivity contribution in [2.75, 3.05) is 11.5 Å². The molecule has 0 radical (unpaired) electrons. The number of nitrogens with zero attached hydrogens (tertiary/aromatic N) is 1. The lowest BCUT2D eigenvalue weighted by Crippen LogP contribution is -2.60. The first-order valence-corrected chi connectivity index (χ1v) is 8.64. The molecule has 4 heteroatoms. The quantitative estimate of drug-likeness (QED) is 0.606. The molecule has 2 aliphatic rings. The van der Waals surface area contributed by atoms with Gasteiger partial charge >= 0.3 is 0 Å². The minimum absolute atomic E-state index is 0.0320. The zero-order valence-electron chi connectivity index (χ0n) is 14.5. The highest BCUT2D eigenvalue weighted by molar-refractivity contribution is 6.06. The van der Waals surface area contributed by atoms with Crippen molar-refractivity contribution in [2.45, 2.75) is 31.9 Å². The van der Waals surface area contributed by atoms with Gasteiger partial charge in [-0.05, 0) is 62.1 Å². The number of unbranched alkanes of at least 4 members (excludes halogenated alkanes) is 1. The van der Waals surface area contributed by atoms with E-state index in [4.69, 9.17) is 4.74 Å². The van der Waals surface area contributed by atoms with Crippen LogP contribution in [0.1, 0.15) is 26.2 Å². The summed E-state index contributed by atoms with van der Waals surface area (Å²) in [6.07, 6.45) is 9.35. The van der Waals surface area contributed by atoms with Crippen LogP contribution in [0.15, 0.2) is 66.8 Å². The van der Waals surface area contributed by atoms with Gasteiger partial charge in [0.2, 0.25) is 5.91 Å². The Morgan fingerprint density at radius 2 is 2.08 bits per heavy atom. The minimum atomic E-state index is -1.02. The van der Waals surface area contributed by atoms with Gasteiger partial charge in [-0.3, -0.25) is 14.5 Å². The molecule has 1 amide bonds. The summed E-state index contributed by atoms with van der Waals surface area (Å²) in [5.74, 6) is -0.210. The average Bonchev–Trinajstić information content (AvgIpc) is 2.62. The molecule has 130 valence electrons. The first-order chi connectivity index (χ1) is 12.1. The summed E-state index contributed by atoms with van der Waals surface area (Å²) in [6, 6.07) is 9.48. The maximum absolute atomic E-state index is 13.3. The third-order valence-corrected chi connectivity index (χ3v) is 4.70. The Balaban J connectivity index is 1.97. The summed E-state index contributed by atoms with van der Waals surface area (Å²) in [7, 11) is 0. The normalized spacial score (nSPS) is 26.0. The fourth-order valence-corrected chi connectivity index (χ4v) is 3.33. The maximum atomic E-state index is 13.3. The van der Waals surface area contributed by atoms with Gasteiger partial charge < -0.3 is 4.74 Å². The van der Waals surface area contributed by atoms with Crippen molar-refractivity contribution in [2.24, 2.45) is 5.92 Å². The van der Waals surface area contributed by atoms with E-state index < -0.39 is 5.72 Å². The lowest BCUT2D eigenvalue weighted by Gasteiger charge is -2.46. The third kappa shape index (κ3) is 3.35. The molecule has 1 saturated heterocycles. The summed E-state index contributed by atoms with van der Waals surface area (Å²) in [4.78, 5) is 26.8. The Morgan fingerprint density at radius 1 is 1.32 bits per heavy atom. The van der Waals surface area contributed by atoms with Gasteiger partial charge in [0.05, 0.1) is 12.5 Å². The number of hydrogen-bond acceptors (Lipinski definition) is 3. The second-order valence-electron chi connectivity index (χ2n) is 6.51. The molecule has 0 saturated carbocycles. The minimum Gasteiger partial charge on any atom is -0.347 e. The second kappa shape index (κ2) is 7.19. The van der Waals surface area contributed by atoms with Crippen molar-refractivity contribution in [3.8, 4) is 0 Å². The van der Waals surface area contributed by atoms with Crippen molar-refractivity contribution in [1.82, 2.24) is 0 Å². The zero-order chi connectivity index (χ0) is 17.9. The van der Waals surface area contributed by atoms with Crippen LogP contribution in [-0.4, -0.2) is 24.0 Å². The number of rotatable bonds is 5. The van der Waals surface area contributed by atoms with Gasteiger partial charge in [0, 0.05) is 5.69 Å². The predicted molar refractivity (Wildman–Crippen MR) is 98.1 cm³/mol. The van der Waals surface area contributed by atoms with Crippen LogP contribution >= 0.6 is 0 Å². The van der Waals surface area contributed by atoms with E-state index in [0.717, 1.165) is 24.9 Å². The molecular formula is C21H23NO3. The molecule has 1 aromatic carbocycles. The van der Waals surface area contributed by atoms with Crippen LogP contribution in [0.3, 0.4) is 0 Å². The first kappa shape index (κ1) is 17.4. The van der Waals surface area contributed by atoms with Crippen LogP contribution in [0, 0.1) is 5.92 Å². The van der Waals surface area contributed by atoms with Crippen molar-refractivity contribution < 1.29 is 14.3 Å². The molecule has 4 nitrogen and oxygen atoms in total. The predicted octanol–water partition coefficient (Wildman–Crippen LogP) is 3.80. The van der Waals surface area contributed by atoms with Crippen LogP contribution in [0.2, 0.25) is 0 Å². The molecule has 2 unspecified atom stereocenters. The molecule has 3 rings (SSSR count). The Hall–Kier alpha value is -2.46. The molecule has 1 heterocycles. The molecule has 1 aromatic rings. The molecule has 25 heavy (non-hydrogen) atoms. The molecule has 2 atom stereocenters. The topological polar surface area (TPSA) is 46.6 Å². The third-order valence-electron chi connectivity index (χ3n) is 4.70. The molecule has 0 aromatic heterocycles. The SMILES string of the molecule is C=CCCCC1COC2(C=CC(=O)C(C)=C2)N(c2ccccc2)C1=O. The highest BCUT2D eigenvalue weighted by atomic mass is 16.5. The van der Waals surface area contributed by atoms with Crippen molar-refractivity contribution in [3.63, 3.8) is 0 Å². The zero-order valence-corrected chi connectivity index (χ0v) is 14.5. The first-order valence-electron chi connectivity index (χ1n) is 8.64. The molecule has 1 aliphatic carbocycles. The number of ketones is 1. The van der Waals surface area contributed by atoms with Gasteiger partial charge in [-0.2, -0.15) is 0 Å². The van der Waals surface area contributed by atoms with Crippen molar-refractivity contribution >= 4 is 17.4 Å². The van der Waals surface area contributed by atoms with E-state index in [9.17, 15) is 9.59 Å². The number of carbonyl (C=O) groups excluding carboxylic acids is 2. The Labute approximate surface area is 148 Å². The van der Waals surface area contributed by atoms with E-state index in [-0.39, 0.29) is 17.6 Å². The molecular weight excluding hydrogens is 314 g/mol. The van der Waals surface area contributed by atoms with E-state index in [1.807, 2.05) is 36.4 Å². The van der Waals surface area contributed by atoms with Crippen LogP contribution < -0.4 is 4.90 Å². The molecule has 1 spiro atoms. The average molecular weight is 337 g/mol. The highest BCUT2D eigenvalue weighted by Gasteiger charge is 2.46. The van der Waals surface area contributed by atoms with Crippen molar-refractivity contribution in [1.29, 1.82) is 0 Å². The molecule has 1 fully saturated rings. The van der Waals surface area contributed by atoms with Crippen molar-refractivity contribution in [3.05, 3.63) is 66.8 Å². The smallest absolute Gasteiger partial charge is 0.235 e. The van der Waals surface area contributed by atoms with Gasteiger partial charge in [-0.25, -0.2) is 0 Å². The summed E-state index contributed by atoms with van der Waals surface area (Å²) < 4.78 is 6.17. The standard InChI is InChI=1S/C21H23NO3/c1-3-4-6-9-17-15-25-21(13-12-19(23)16(2)14-21)22(20(17)24)18-10-7-5-8-11-18/h3,5,7-8,10-14,17H,1,4,6,9,15H2,2H3. The lowest BCUT2D eigenvalue weighted by atomic mass is 9.91. The van der Waals surface area contributed by atoms with E-state index in [2.05, 4.69) is 6.58 Å². The Bertz CT molecular complexity index is 735. The van der Waals surface area contributed by atoms with Gasteiger partial charge in [0.15, 0.2) is 11.5 Å². The number of allylic oxidation sites excluding steroid dienone is 3. The number of ether oxygens (including phenoxy) is 1. The lowest BCUT2D eigenvalue weighted by molar-refractivity contribution is -0.138. The van der Waals surface area contributed by atoms with Gasteiger partial charge in [0.25, 0.3) is 0 Å².